The molecule has 0 nitrogen and oxygen atoms in total. The van der Waals surface area contributed by atoms with Gasteiger partial charge in [-0.25, -0.2) is 8.78 Å². The summed E-state index contributed by atoms with van der Waals surface area (Å²) in [6.45, 7) is 7.74. The molecule has 1 fully saturated rings. The van der Waals surface area contributed by atoms with Crippen LogP contribution in [0.25, 0.3) is 6.08 Å². The number of hydrogen-bond donors (Lipinski definition) is 0. The van der Waals surface area contributed by atoms with Crippen molar-refractivity contribution in [2.45, 2.75) is 32.6 Å². The van der Waals surface area contributed by atoms with Gasteiger partial charge in [-0.2, -0.15) is 0 Å². The fourth-order valence-electron chi connectivity index (χ4n) is 2.57. The highest BCUT2D eigenvalue weighted by molar-refractivity contribution is 5.47. The van der Waals surface area contributed by atoms with Crippen molar-refractivity contribution >= 4 is 6.08 Å². The quantitative estimate of drug-likeness (QED) is 0.652. The van der Waals surface area contributed by atoms with Gasteiger partial charge in [0.1, 0.15) is 0 Å². The zero-order valence-corrected chi connectivity index (χ0v) is 13.1. The lowest BCUT2D eigenvalue weighted by molar-refractivity contribution is 0.120. The second-order valence-electron chi connectivity index (χ2n) is 5.87. The molecule has 0 N–H and O–H groups in total. The summed E-state index contributed by atoms with van der Waals surface area (Å²) in [5.41, 5.74) is 4.70. The van der Waals surface area contributed by atoms with E-state index in [0.29, 0.717) is 6.42 Å². The molecule has 0 radical (unpaired) electrons. The molecule has 0 aliphatic heterocycles. The van der Waals surface area contributed by atoms with Crippen molar-refractivity contribution in [3.8, 4) is 0 Å². The van der Waals surface area contributed by atoms with Gasteiger partial charge in [-0.15, -0.1) is 0 Å². The Labute approximate surface area is 131 Å². The van der Waals surface area contributed by atoms with E-state index < -0.39 is 6.43 Å². The van der Waals surface area contributed by atoms with Crippen molar-refractivity contribution in [1.82, 2.24) is 0 Å². The van der Waals surface area contributed by atoms with Gasteiger partial charge in [-0.1, -0.05) is 72.3 Å². The van der Waals surface area contributed by atoms with Crippen LogP contribution in [0.2, 0.25) is 0 Å². The monoisotopic (exact) mass is 300 g/mol. The second kappa shape index (κ2) is 7.35. The first kappa shape index (κ1) is 16.4. The lowest BCUT2D eigenvalue weighted by atomic mass is 10.1. The van der Waals surface area contributed by atoms with Crippen LogP contribution < -0.4 is 0 Å². The van der Waals surface area contributed by atoms with Crippen molar-refractivity contribution in [3.05, 3.63) is 77.4 Å². The zero-order chi connectivity index (χ0) is 16.1. The third-order valence-corrected chi connectivity index (χ3v) is 3.91. The molecular formula is C20H22F2. The van der Waals surface area contributed by atoms with E-state index in [-0.39, 0.29) is 11.8 Å². The highest BCUT2D eigenvalue weighted by Crippen LogP contribution is 2.50. The molecule has 1 saturated carbocycles. The van der Waals surface area contributed by atoms with Crippen molar-refractivity contribution in [3.63, 3.8) is 0 Å². The fraction of sp³-hybridized carbons (Fsp3) is 0.300. The van der Waals surface area contributed by atoms with Gasteiger partial charge >= 0.3 is 0 Å². The molecule has 116 valence electrons. The maximum atomic E-state index is 12.3. The van der Waals surface area contributed by atoms with Crippen molar-refractivity contribution in [2.75, 3.05) is 0 Å². The minimum absolute atomic E-state index is 0.111. The van der Waals surface area contributed by atoms with E-state index in [1.165, 1.54) is 11.1 Å². The first-order valence-corrected chi connectivity index (χ1v) is 7.55. The molecule has 2 aromatic carbocycles. The summed E-state index contributed by atoms with van der Waals surface area (Å²) in [5.74, 6) is -0.276. The summed E-state index contributed by atoms with van der Waals surface area (Å²) < 4.78 is 24.5. The van der Waals surface area contributed by atoms with E-state index in [2.05, 4.69) is 25.6 Å². The maximum Gasteiger partial charge on any atom is 0.242 e. The highest BCUT2D eigenvalue weighted by atomic mass is 19.3. The molecule has 2 aromatic rings. The number of rotatable bonds is 3. The fourth-order valence-corrected chi connectivity index (χ4v) is 2.57. The van der Waals surface area contributed by atoms with Gasteiger partial charge in [-0.05, 0) is 37.3 Å². The normalized spacial score (nSPS) is 19.3. The molecule has 0 saturated heterocycles. The van der Waals surface area contributed by atoms with Gasteiger partial charge in [0, 0.05) is 5.92 Å². The van der Waals surface area contributed by atoms with Crippen LogP contribution in [0.4, 0.5) is 8.78 Å². The third kappa shape index (κ3) is 4.52. The predicted octanol–water partition coefficient (Wildman–Crippen LogP) is 6.00. The van der Waals surface area contributed by atoms with Gasteiger partial charge in [-0.3, -0.25) is 0 Å². The first-order valence-electron chi connectivity index (χ1n) is 7.55. The topological polar surface area (TPSA) is 0 Å². The van der Waals surface area contributed by atoms with Crippen LogP contribution in [0.15, 0.2) is 55.1 Å². The van der Waals surface area contributed by atoms with E-state index in [9.17, 15) is 8.78 Å². The average Bonchev–Trinajstić information content (AvgIpc) is 3.28. The largest absolute Gasteiger partial charge is 0.242 e. The maximum absolute atomic E-state index is 12.3. The van der Waals surface area contributed by atoms with Gasteiger partial charge in [0.05, 0.1) is 0 Å². The second-order valence-corrected chi connectivity index (χ2v) is 5.87. The molecule has 0 heterocycles. The molecule has 2 unspecified atom stereocenters. The molecule has 1 aliphatic rings. The molecular weight excluding hydrogens is 278 g/mol. The smallest absolute Gasteiger partial charge is 0.210 e. The molecule has 2 atom stereocenters. The molecule has 1 aliphatic carbocycles. The van der Waals surface area contributed by atoms with Crippen molar-refractivity contribution in [2.24, 2.45) is 5.92 Å². The Balaban J connectivity index is 0.000000172. The molecule has 0 amide bonds. The molecule has 2 heteroatoms. The first-order chi connectivity index (χ1) is 10.5. The van der Waals surface area contributed by atoms with E-state index in [0.717, 1.165) is 11.1 Å². The molecule has 0 bridgehead atoms. The Morgan fingerprint density at radius 1 is 1.05 bits per heavy atom. The van der Waals surface area contributed by atoms with Crippen molar-refractivity contribution in [1.29, 1.82) is 0 Å². The van der Waals surface area contributed by atoms with Gasteiger partial charge in [0.2, 0.25) is 6.43 Å². The van der Waals surface area contributed by atoms with Crippen LogP contribution in [-0.4, -0.2) is 6.43 Å². The minimum atomic E-state index is -2.15. The Morgan fingerprint density at radius 3 is 2.14 bits per heavy atom. The van der Waals surface area contributed by atoms with Crippen LogP contribution in [0.3, 0.4) is 0 Å². The molecule has 3 rings (SSSR count). The summed E-state index contributed by atoms with van der Waals surface area (Å²) in [7, 11) is 0. The van der Waals surface area contributed by atoms with Crippen LogP contribution in [0.1, 0.15) is 34.6 Å². The standard InChI is InChI=1S/C11H12F2.C9H10/c1-7-3-2-4-8(5-7)9-6-10(9)11(12)13;1-3-9-6-4-5-8(2)7-9/h2-5,9-11H,6H2,1H3;3-7H,1H2,2H3. The van der Waals surface area contributed by atoms with E-state index in [4.69, 9.17) is 0 Å². The SMILES string of the molecule is C=Cc1cccc(C)c1.Cc1cccc(C2CC2C(F)F)c1. The Bertz CT molecular complexity index is 631. The van der Waals surface area contributed by atoms with E-state index in [1.54, 1.807) is 0 Å². The van der Waals surface area contributed by atoms with Crippen molar-refractivity contribution < 1.29 is 8.78 Å². The Kier molecular flexibility index (Phi) is 5.48. The number of halogens is 2. The summed E-state index contributed by atoms with van der Waals surface area (Å²) in [5, 5.41) is 0. The number of benzene rings is 2. The summed E-state index contributed by atoms with van der Waals surface area (Å²) in [4.78, 5) is 0. The van der Waals surface area contributed by atoms with Gasteiger partial charge in [0.15, 0.2) is 0 Å². The molecule has 0 aromatic heterocycles. The number of aryl methyl sites for hydroxylation is 2. The average molecular weight is 300 g/mol. The predicted molar refractivity (Wildman–Crippen MR) is 89.3 cm³/mol. The van der Waals surface area contributed by atoms with Crippen LogP contribution in [0.5, 0.6) is 0 Å². The zero-order valence-electron chi connectivity index (χ0n) is 13.1. The number of hydrogen-bond acceptors (Lipinski definition) is 0. The minimum Gasteiger partial charge on any atom is -0.210 e. The van der Waals surface area contributed by atoms with E-state index in [1.807, 2.05) is 49.4 Å². The van der Waals surface area contributed by atoms with E-state index >= 15 is 0 Å². The van der Waals surface area contributed by atoms with Crippen LogP contribution in [0, 0.1) is 19.8 Å². The number of alkyl halides is 2. The Morgan fingerprint density at radius 2 is 1.68 bits per heavy atom. The summed E-state index contributed by atoms with van der Waals surface area (Å²) in [6.07, 6.45) is 0.360. The highest BCUT2D eigenvalue weighted by Gasteiger charge is 2.44. The third-order valence-electron chi connectivity index (χ3n) is 3.91. The van der Waals surface area contributed by atoms with Gasteiger partial charge in [0.25, 0.3) is 0 Å². The van der Waals surface area contributed by atoms with Crippen LogP contribution in [-0.2, 0) is 0 Å². The van der Waals surface area contributed by atoms with Crippen LogP contribution >= 0.6 is 0 Å². The molecule has 22 heavy (non-hydrogen) atoms. The van der Waals surface area contributed by atoms with Gasteiger partial charge < -0.3 is 0 Å². The lowest BCUT2D eigenvalue weighted by Crippen LogP contribution is -1.95. The summed E-state index contributed by atoms with van der Waals surface area (Å²) >= 11 is 0. The Hall–Kier alpha value is -1.96. The summed E-state index contributed by atoms with van der Waals surface area (Å²) in [6, 6.07) is 16.1. The lowest BCUT2D eigenvalue weighted by Gasteiger charge is -2.00. The molecule has 0 spiro atoms.